The number of ketones is 1. The van der Waals surface area contributed by atoms with E-state index in [2.05, 4.69) is 0 Å². The second kappa shape index (κ2) is 7.13. The van der Waals surface area contributed by atoms with E-state index in [4.69, 9.17) is 4.74 Å². The Morgan fingerprint density at radius 2 is 1.70 bits per heavy atom. The Kier molecular flexibility index (Phi) is 5.04. The number of carbonyl (C=O) groups excluding carboxylic acids is 4. The average Bonchev–Trinajstić information content (AvgIpc) is 3.07. The first-order valence-corrected chi connectivity index (χ1v) is 9.08. The van der Waals surface area contributed by atoms with Crippen LogP contribution in [0, 0.1) is 25.7 Å². The summed E-state index contributed by atoms with van der Waals surface area (Å²) in [7, 11) is 1.86. The smallest absolute Gasteiger partial charge is 0.329 e. The third-order valence-electron chi connectivity index (χ3n) is 5.69. The third-order valence-corrected chi connectivity index (χ3v) is 5.69. The van der Waals surface area contributed by atoms with Crippen LogP contribution in [0.5, 0.6) is 0 Å². The molecule has 3 atom stereocenters. The van der Waals surface area contributed by atoms with Gasteiger partial charge in [-0.1, -0.05) is 12.2 Å². The minimum absolute atomic E-state index is 0.311. The van der Waals surface area contributed by atoms with Crippen LogP contribution < -0.4 is 0 Å². The number of allylic oxidation sites excluding steroid dienone is 2. The molecule has 7 nitrogen and oxygen atoms in total. The molecule has 27 heavy (non-hydrogen) atoms. The molecule has 1 aliphatic carbocycles. The molecule has 0 spiro atoms. The Morgan fingerprint density at radius 3 is 2.19 bits per heavy atom. The molecule has 0 aromatic carbocycles. The molecular weight excluding hydrogens is 348 g/mol. The highest BCUT2D eigenvalue weighted by atomic mass is 16.5. The molecule has 1 aliphatic heterocycles. The number of imide groups is 1. The summed E-state index contributed by atoms with van der Waals surface area (Å²) in [6.07, 6.45) is 4.81. The van der Waals surface area contributed by atoms with Crippen molar-refractivity contribution < 1.29 is 23.9 Å². The zero-order valence-corrected chi connectivity index (χ0v) is 16.0. The summed E-state index contributed by atoms with van der Waals surface area (Å²) in [6.45, 7) is 4.75. The summed E-state index contributed by atoms with van der Waals surface area (Å²) in [5.74, 6) is -2.52. The van der Waals surface area contributed by atoms with Crippen molar-refractivity contribution in [3.05, 3.63) is 35.2 Å². The molecule has 2 aliphatic rings. The molecule has 0 saturated carbocycles. The predicted octanol–water partition coefficient (Wildman–Crippen LogP) is 1.71. The van der Waals surface area contributed by atoms with Crippen LogP contribution in [0.2, 0.25) is 0 Å². The number of hydrogen-bond acceptors (Lipinski definition) is 5. The van der Waals surface area contributed by atoms with Crippen molar-refractivity contribution in [1.82, 2.24) is 9.47 Å². The summed E-state index contributed by atoms with van der Waals surface area (Å²) in [5, 5.41) is 0. The van der Waals surface area contributed by atoms with Gasteiger partial charge in [0, 0.05) is 24.0 Å². The topological polar surface area (TPSA) is 85.7 Å². The lowest BCUT2D eigenvalue weighted by Gasteiger charge is -2.21. The van der Waals surface area contributed by atoms with Crippen molar-refractivity contribution in [1.29, 1.82) is 0 Å². The minimum Gasteiger partial charge on any atom is -0.456 e. The molecule has 0 bridgehead atoms. The van der Waals surface area contributed by atoms with Crippen molar-refractivity contribution in [2.75, 3.05) is 6.61 Å². The van der Waals surface area contributed by atoms with E-state index in [1.54, 1.807) is 6.07 Å². The number of ether oxygens (including phenoxy) is 1. The lowest BCUT2D eigenvalue weighted by atomic mass is 9.85. The Balaban J connectivity index is 1.64. The standard InChI is InChI=1S/C20H24N2O5/c1-11-9-16(12(2)21(11)4)17(23)10-27-20(26)13(3)22-18(24)14-7-5-6-8-15(14)19(22)25/h5-6,9,13-15H,7-8,10H2,1-4H3/t13-,14-,15-/m0/s1. The Bertz CT molecular complexity index is 825. The molecular formula is C20H24N2O5. The van der Waals surface area contributed by atoms with Gasteiger partial charge in [-0.25, -0.2) is 4.79 Å². The molecule has 1 aromatic rings. The molecule has 2 heterocycles. The van der Waals surface area contributed by atoms with Gasteiger partial charge in [0.25, 0.3) is 0 Å². The van der Waals surface area contributed by atoms with E-state index < -0.39 is 30.5 Å². The van der Waals surface area contributed by atoms with E-state index in [1.807, 2.05) is 37.6 Å². The second-order valence-corrected chi connectivity index (χ2v) is 7.25. The molecule has 0 unspecified atom stereocenters. The van der Waals surface area contributed by atoms with Gasteiger partial charge in [0.15, 0.2) is 6.61 Å². The molecule has 1 aromatic heterocycles. The zero-order valence-electron chi connectivity index (χ0n) is 16.0. The number of hydrogen-bond donors (Lipinski definition) is 0. The van der Waals surface area contributed by atoms with E-state index in [9.17, 15) is 19.2 Å². The molecule has 144 valence electrons. The molecule has 0 radical (unpaired) electrons. The SMILES string of the molecule is Cc1cc(C(=O)COC(=O)[C@H](C)N2C(=O)[C@H]3CC=CC[C@@H]3C2=O)c(C)n1C. The van der Waals surface area contributed by atoms with Gasteiger partial charge in [0.1, 0.15) is 6.04 Å². The molecule has 7 heteroatoms. The number of likely N-dealkylation sites (tertiary alicyclic amines) is 1. The van der Waals surface area contributed by atoms with E-state index in [0.29, 0.717) is 18.4 Å². The van der Waals surface area contributed by atoms with Crippen molar-refractivity contribution in [3.63, 3.8) is 0 Å². The minimum atomic E-state index is -1.04. The van der Waals surface area contributed by atoms with Crippen molar-refractivity contribution in [2.24, 2.45) is 18.9 Å². The third kappa shape index (κ3) is 3.22. The van der Waals surface area contributed by atoms with Crippen LogP contribution >= 0.6 is 0 Å². The zero-order chi connectivity index (χ0) is 19.9. The first-order valence-electron chi connectivity index (χ1n) is 9.08. The Labute approximate surface area is 158 Å². The van der Waals surface area contributed by atoms with Crippen LogP contribution in [-0.4, -0.2) is 45.7 Å². The van der Waals surface area contributed by atoms with Crippen LogP contribution in [0.4, 0.5) is 0 Å². The van der Waals surface area contributed by atoms with Crippen LogP contribution in [0.15, 0.2) is 18.2 Å². The van der Waals surface area contributed by atoms with Gasteiger partial charge in [-0.3, -0.25) is 19.3 Å². The summed E-state index contributed by atoms with van der Waals surface area (Å²) in [5.41, 5.74) is 2.23. The highest BCUT2D eigenvalue weighted by Gasteiger charge is 2.50. The molecule has 1 saturated heterocycles. The van der Waals surface area contributed by atoms with Crippen molar-refractivity contribution in [2.45, 2.75) is 39.7 Å². The molecule has 1 fully saturated rings. The lowest BCUT2D eigenvalue weighted by molar-refractivity contribution is -0.157. The van der Waals surface area contributed by atoms with Crippen molar-refractivity contribution >= 4 is 23.6 Å². The average molecular weight is 372 g/mol. The fourth-order valence-electron chi connectivity index (χ4n) is 3.79. The maximum atomic E-state index is 12.5. The number of nitrogens with zero attached hydrogens (tertiary/aromatic N) is 2. The van der Waals surface area contributed by atoms with Gasteiger partial charge < -0.3 is 9.30 Å². The number of fused-ring (bicyclic) bond motifs is 1. The van der Waals surface area contributed by atoms with Crippen LogP contribution in [0.25, 0.3) is 0 Å². The number of amides is 2. The normalized spacial score (nSPS) is 22.7. The largest absolute Gasteiger partial charge is 0.456 e. The van der Waals surface area contributed by atoms with E-state index in [1.165, 1.54) is 6.92 Å². The first-order chi connectivity index (χ1) is 12.7. The number of carbonyl (C=O) groups is 4. The molecule has 3 rings (SSSR count). The van der Waals surface area contributed by atoms with Crippen LogP contribution in [-0.2, 0) is 26.2 Å². The Hall–Kier alpha value is -2.70. The summed E-state index contributed by atoms with van der Waals surface area (Å²) in [6, 6.07) is 0.710. The highest BCUT2D eigenvalue weighted by Crippen LogP contribution is 2.36. The molecule has 0 N–H and O–H groups in total. The quantitative estimate of drug-likeness (QED) is 0.340. The maximum Gasteiger partial charge on any atom is 0.329 e. The monoisotopic (exact) mass is 372 g/mol. The van der Waals surface area contributed by atoms with Crippen molar-refractivity contribution in [3.8, 4) is 0 Å². The lowest BCUT2D eigenvalue weighted by Crippen LogP contribution is -2.44. The Morgan fingerprint density at radius 1 is 1.15 bits per heavy atom. The van der Waals surface area contributed by atoms with Gasteiger partial charge in [-0.05, 0) is 39.7 Å². The van der Waals surface area contributed by atoms with Gasteiger partial charge >= 0.3 is 5.97 Å². The fraction of sp³-hybridized carbons (Fsp3) is 0.500. The second-order valence-electron chi connectivity index (χ2n) is 7.25. The van der Waals surface area contributed by atoms with E-state index in [0.717, 1.165) is 16.3 Å². The number of aromatic nitrogens is 1. The van der Waals surface area contributed by atoms with Gasteiger partial charge in [0.05, 0.1) is 11.8 Å². The van der Waals surface area contributed by atoms with Crippen LogP contribution in [0.3, 0.4) is 0 Å². The van der Waals surface area contributed by atoms with E-state index >= 15 is 0 Å². The fourth-order valence-corrected chi connectivity index (χ4v) is 3.79. The summed E-state index contributed by atoms with van der Waals surface area (Å²) >= 11 is 0. The van der Waals surface area contributed by atoms with Gasteiger partial charge in [0.2, 0.25) is 17.6 Å². The number of rotatable bonds is 5. The first kappa shape index (κ1) is 19.1. The highest BCUT2D eigenvalue weighted by molar-refractivity contribution is 6.08. The van der Waals surface area contributed by atoms with E-state index in [-0.39, 0.29) is 17.6 Å². The summed E-state index contributed by atoms with van der Waals surface area (Å²) < 4.78 is 7.01. The van der Waals surface area contributed by atoms with Gasteiger partial charge in [-0.2, -0.15) is 0 Å². The number of aryl methyl sites for hydroxylation is 1. The summed E-state index contributed by atoms with van der Waals surface area (Å²) in [4.78, 5) is 50.8. The van der Waals surface area contributed by atoms with Gasteiger partial charge in [-0.15, -0.1) is 0 Å². The van der Waals surface area contributed by atoms with Crippen LogP contribution in [0.1, 0.15) is 41.5 Å². The maximum absolute atomic E-state index is 12.5. The molecule has 2 amide bonds. The predicted molar refractivity (Wildman–Crippen MR) is 96.8 cm³/mol. The number of Topliss-reactive ketones (excluding diaryl/α,β-unsaturated/α-hetero) is 1. The number of esters is 1.